The number of hydrogen-bond donors (Lipinski definition) is 2. The van der Waals surface area contributed by atoms with Gasteiger partial charge in [-0.1, -0.05) is 0 Å². The van der Waals surface area contributed by atoms with Gasteiger partial charge >= 0.3 is 0 Å². The van der Waals surface area contributed by atoms with Gasteiger partial charge in [0.2, 0.25) is 6.33 Å². The molecule has 0 saturated carbocycles. The van der Waals surface area contributed by atoms with Gasteiger partial charge in [0, 0.05) is 18.8 Å². The molecule has 0 bridgehead atoms. The molecule has 8 nitrogen and oxygen atoms in total. The molecule has 0 spiro atoms. The minimum absolute atomic E-state index is 0.501. The van der Waals surface area contributed by atoms with E-state index in [1.165, 1.54) is 11.3 Å². The highest BCUT2D eigenvalue weighted by atomic mass is 32.1. The van der Waals surface area contributed by atoms with E-state index in [1.54, 1.807) is 6.92 Å². The summed E-state index contributed by atoms with van der Waals surface area (Å²) in [5, 5.41) is 19.3. The largest absolute Gasteiger partial charge is 0.376 e. The number of aromatic nitrogens is 2. The van der Waals surface area contributed by atoms with E-state index in [2.05, 4.69) is 51.5 Å². The average Bonchev–Trinajstić information content (AvgIpc) is 3.37. The van der Waals surface area contributed by atoms with Crippen LogP contribution in [0.4, 0.5) is 16.4 Å². The zero-order chi connectivity index (χ0) is 23.8. The molecule has 2 aromatic heterocycles. The molecule has 0 aliphatic carbocycles. The lowest BCUT2D eigenvalue weighted by Crippen LogP contribution is -2.28. The van der Waals surface area contributed by atoms with Crippen molar-refractivity contribution in [1.29, 1.82) is 10.5 Å². The molecule has 0 radical (unpaired) electrons. The van der Waals surface area contributed by atoms with E-state index in [0.717, 1.165) is 36.6 Å². The number of hydrazine groups is 1. The van der Waals surface area contributed by atoms with Gasteiger partial charge in [0.1, 0.15) is 41.0 Å². The summed E-state index contributed by atoms with van der Waals surface area (Å²) in [6.07, 6.45) is 6.10. The van der Waals surface area contributed by atoms with E-state index in [1.807, 2.05) is 43.3 Å². The Bertz CT molecular complexity index is 1170. The van der Waals surface area contributed by atoms with E-state index < -0.39 is 0 Å². The van der Waals surface area contributed by atoms with Crippen LogP contribution in [0.5, 0.6) is 0 Å². The Labute approximate surface area is 199 Å². The molecule has 3 aromatic rings. The normalized spacial score (nSPS) is 10.5. The maximum absolute atomic E-state index is 9.41. The first-order valence-electron chi connectivity index (χ1n) is 10.9. The van der Waals surface area contributed by atoms with E-state index in [-0.39, 0.29) is 0 Å². The lowest BCUT2D eigenvalue weighted by molar-refractivity contribution is -0.671. The second-order valence-corrected chi connectivity index (χ2v) is 8.76. The summed E-state index contributed by atoms with van der Waals surface area (Å²) < 4.78 is 9.97. The average molecular weight is 465 g/mol. The smallest absolute Gasteiger partial charge is 0.243 e. The van der Waals surface area contributed by atoms with Crippen LogP contribution in [-0.4, -0.2) is 30.9 Å². The Balaban J connectivity index is 1.54. The van der Waals surface area contributed by atoms with Gasteiger partial charge < -0.3 is 9.64 Å². The predicted octanol–water partition coefficient (Wildman–Crippen LogP) is 3.72. The Morgan fingerprint density at radius 2 is 2.00 bits per heavy atom. The first-order chi connectivity index (χ1) is 16.0. The third kappa shape index (κ3) is 6.04. The van der Waals surface area contributed by atoms with Gasteiger partial charge in [-0.3, -0.25) is 10.9 Å². The Kier molecular flexibility index (Phi) is 8.31. The number of likely N-dealkylation sites (N-methyl/N-ethyl adjacent to an activating group) is 1. The Hall–Kier alpha value is -3.53. The van der Waals surface area contributed by atoms with Crippen molar-refractivity contribution < 1.29 is 9.30 Å². The van der Waals surface area contributed by atoms with Gasteiger partial charge in [-0.05, 0) is 50.1 Å². The molecule has 33 heavy (non-hydrogen) atoms. The van der Waals surface area contributed by atoms with Crippen LogP contribution in [0.15, 0.2) is 36.9 Å². The summed E-state index contributed by atoms with van der Waals surface area (Å²) >= 11 is 1.28. The van der Waals surface area contributed by atoms with Gasteiger partial charge in [0.05, 0.1) is 31.5 Å². The summed E-state index contributed by atoms with van der Waals surface area (Å²) in [5.41, 5.74) is 10.6. The predicted molar refractivity (Wildman–Crippen MR) is 131 cm³/mol. The number of rotatable bonds is 11. The number of anilines is 3. The van der Waals surface area contributed by atoms with Gasteiger partial charge in [-0.2, -0.15) is 10.5 Å². The van der Waals surface area contributed by atoms with E-state index >= 15 is 0 Å². The van der Waals surface area contributed by atoms with E-state index in [9.17, 15) is 10.5 Å². The van der Waals surface area contributed by atoms with Crippen LogP contribution in [0, 0.1) is 36.5 Å². The molecule has 0 atom stereocenters. The fraction of sp³-hybridized carbons (Fsp3) is 0.375. The first-order valence-corrected chi connectivity index (χ1v) is 11.7. The molecular formula is C24H30N7OS+. The van der Waals surface area contributed by atoms with Crippen molar-refractivity contribution in [3.8, 4) is 12.1 Å². The monoisotopic (exact) mass is 464 g/mol. The zero-order valence-electron chi connectivity index (χ0n) is 19.6. The van der Waals surface area contributed by atoms with Gasteiger partial charge in [-0.15, -0.1) is 11.3 Å². The molecular weight excluding hydrogens is 434 g/mol. The molecule has 3 rings (SSSR count). The van der Waals surface area contributed by atoms with Crippen LogP contribution in [0.3, 0.4) is 0 Å². The molecule has 0 amide bonds. The van der Waals surface area contributed by atoms with Crippen LogP contribution >= 0.6 is 11.3 Å². The van der Waals surface area contributed by atoms with Crippen LogP contribution in [0.1, 0.15) is 28.5 Å². The molecule has 1 aromatic carbocycles. The Morgan fingerprint density at radius 3 is 2.64 bits per heavy atom. The number of nitrogens with zero attached hydrogens (tertiary/aromatic N) is 5. The topological polar surface area (TPSA) is 92.9 Å². The second kappa shape index (κ2) is 11.4. The summed E-state index contributed by atoms with van der Waals surface area (Å²) in [5.74, 6) is 0. The fourth-order valence-electron chi connectivity index (χ4n) is 3.50. The van der Waals surface area contributed by atoms with Crippen LogP contribution in [-0.2, 0) is 18.3 Å². The summed E-state index contributed by atoms with van der Waals surface area (Å²) in [6, 6.07) is 10.5. The van der Waals surface area contributed by atoms with Crippen molar-refractivity contribution >= 4 is 27.7 Å². The highest BCUT2D eigenvalue weighted by Crippen LogP contribution is 2.32. The quantitative estimate of drug-likeness (QED) is 0.255. The lowest BCUT2D eigenvalue weighted by atomic mass is 10.1. The number of nitriles is 2. The molecule has 0 fully saturated rings. The number of ether oxygens (including phenoxy) is 1. The number of benzene rings is 1. The van der Waals surface area contributed by atoms with Crippen LogP contribution < -0.4 is 20.3 Å². The maximum atomic E-state index is 9.41. The van der Waals surface area contributed by atoms with Crippen molar-refractivity contribution in [2.75, 3.05) is 42.1 Å². The SMILES string of the molecule is CCN(CCOCCn1cc[n+](C)c1)c1ccc(NNc2sc(C#N)c(C)c2C#N)c(C)c1. The number of hydrogen-bond acceptors (Lipinski definition) is 7. The summed E-state index contributed by atoms with van der Waals surface area (Å²) in [6.45, 7) is 9.86. The molecule has 2 heterocycles. The first kappa shape index (κ1) is 24.1. The van der Waals surface area contributed by atoms with Crippen LogP contribution in [0.2, 0.25) is 0 Å². The van der Waals surface area contributed by atoms with Gasteiger partial charge in [0.25, 0.3) is 0 Å². The minimum Gasteiger partial charge on any atom is -0.376 e. The lowest BCUT2D eigenvalue weighted by Gasteiger charge is -2.24. The Morgan fingerprint density at radius 1 is 1.18 bits per heavy atom. The number of thiophene rings is 1. The molecule has 9 heteroatoms. The molecule has 0 saturated heterocycles. The third-order valence-corrected chi connectivity index (χ3v) is 6.56. The van der Waals surface area contributed by atoms with E-state index in [4.69, 9.17) is 4.74 Å². The minimum atomic E-state index is 0.501. The van der Waals surface area contributed by atoms with Crippen molar-refractivity contribution in [2.24, 2.45) is 7.05 Å². The van der Waals surface area contributed by atoms with Crippen molar-refractivity contribution in [2.45, 2.75) is 27.3 Å². The van der Waals surface area contributed by atoms with Crippen molar-refractivity contribution in [3.05, 3.63) is 58.5 Å². The molecule has 0 aliphatic heterocycles. The molecule has 172 valence electrons. The van der Waals surface area contributed by atoms with Crippen molar-refractivity contribution in [1.82, 2.24) is 4.57 Å². The standard InChI is InChI=1S/C24H30N7OS/c1-5-31(11-13-32-12-10-30-9-8-29(4)17-30)20-6-7-22(18(2)14-20)27-28-24-21(15-25)19(3)23(16-26)33-24/h6-9,14,17,27-28H,5,10-13H2,1-4H3/q+1. The van der Waals surface area contributed by atoms with Crippen molar-refractivity contribution in [3.63, 3.8) is 0 Å². The van der Waals surface area contributed by atoms with Gasteiger partial charge in [0.15, 0.2) is 0 Å². The fourth-order valence-corrected chi connectivity index (χ4v) is 4.41. The zero-order valence-corrected chi connectivity index (χ0v) is 20.4. The number of aryl methyl sites for hydroxylation is 2. The highest BCUT2D eigenvalue weighted by Gasteiger charge is 2.15. The highest BCUT2D eigenvalue weighted by molar-refractivity contribution is 7.17. The summed E-state index contributed by atoms with van der Waals surface area (Å²) in [7, 11) is 2.01. The molecule has 0 unspecified atom stereocenters. The maximum Gasteiger partial charge on any atom is 0.243 e. The second-order valence-electron chi connectivity index (χ2n) is 7.74. The molecule has 2 N–H and O–H groups in total. The number of imidazole rings is 1. The number of nitrogens with one attached hydrogen (secondary N) is 2. The van der Waals surface area contributed by atoms with Crippen LogP contribution in [0.25, 0.3) is 0 Å². The van der Waals surface area contributed by atoms with Gasteiger partial charge in [-0.25, -0.2) is 9.13 Å². The summed E-state index contributed by atoms with van der Waals surface area (Å²) in [4.78, 5) is 2.83. The third-order valence-electron chi connectivity index (χ3n) is 5.45. The molecule has 0 aliphatic rings. The van der Waals surface area contributed by atoms with E-state index in [0.29, 0.717) is 34.2 Å².